The molecule has 2 rings (SSSR count). The van der Waals surface area contributed by atoms with E-state index in [4.69, 9.17) is 5.73 Å². The van der Waals surface area contributed by atoms with E-state index in [0.717, 1.165) is 5.65 Å². The monoisotopic (exact) mass is 160 g/mol. The van der Waals surface area contributed by atoms with Gasteiger partial charge in [0.25, 0.3) is 0 Å². The number of hydrogen-bond donors (Lipinski definition) is 1. The van der Waals surface area contributed by atoms with Gasteiger partial charge < -0.3 is 10.1 Å². The van der Waals surface area contributed by atoms with Gasteiger partial charge in [-0.05, 0) is 12.1 Å². The van der Waals surface area contributed by atoms with E-state index in [9.17, 15) is 4.79 Å². The largest absolute Gasteiger partial charge is 0.366 e. The number of primary amides is 1. The summed E-state index contributed by atoms with van der Waals surface area (Å²) in [5.74, 6) is -0.439. The molecule has 1 radical (unpaired) electrons. The Morgan fingerprint density at radius 1 is 1.58 bits per heavy atom. The average Bonchev–Trinajstić information content (AvgIpc) is 2.49. The molecule has 4 heteroatoms. The molecule has 2 aromatic rings. The van der Waals surface area contributed by atoms with Crippen LogP contribution in [-0.2, 0) is 0 Å². The second kappa shape index (κ2) is 2.34. The first-order valence-electron chi connectivity index (χ1n) is 3.42. The molecule has 59 valence electrons. The molecular weight excluding hydrogens is 154 g/mol. The summed E-state index contributed by atoms with van der Waals surface area (Å²) >= 11 is 0. The van der Waals surface area contributed by atoms with E-state index in [1.807, 2.05) is 0 Å². The number of imidazole rings is 1. The van der Waals surface area contributed by atoms with E-state index >= 15 is 0 Å². The van der Waals surface area contributed by atoms with Crippen molar-refractivity contribution in [2.45, 2.75) is 0 Å². The van der Waals surface area contributed by atoms with Crippen molar-refractivity contribution in [3.05, 3.63) is 36.3 Å². The molecular formula is C8H6N3O. The Bertz CT molecular complexity index is 433. The van der Waals surface area contributed by atoms with Gasteiger partial charge in [0.15, 0.2) is 0 Å². The molecule has 0 aliphatic rings. The molecule has 4 nitrogen and oxygen atoms in total. The van der Waals surface area contributed by atoms with Crippen LogP contribution >= 0.6 is 0 Å². The summed E-state index contributed by atoms with van der Waals surface area (Å²) in [4.78, 5) is 14.6. The zero-order valence-corrected chi connectivity index (χ0v) is 6.19. The lowest BCUT2D eigenvalue weighted by molar-refractivity contribution is 0.1000. The minimum Gasteiger partial charge on any atom is -0.366 e. The van der Waals surface area contributed by atoms with Crippen LogP contribution in [0.2, 0.25) is 0 Å². The third-order valence-corrected chi connectivity index (χ3v) is 1.62. The summed E-state index contributed by atoms with van der Waals surface area (Å²) in [6.07, 6.45) is 5.93. The van der Waals surface area contributed by atoms with Gasteiger partial charge in [0.05, 0.1) is 5.56 Å². The van der Waals surface area contributed by atoms with E-state index < -0.39 is 5.91 Å². The summed E-state index contributed by atoms with van der Waals surface area (Å²) in [5, 5.41) is 0. The van der Waals surface area contributed by atoms with E-state index in [-0.39, 0.29) is 0 Å². The van der Waals surface area contributed by atoms with Crippen LogP contribution in [0.15, 0.2) is 24.5 Å². The van der Waals surface area contributed by atoms with Crippen LogP contribution in [-0.4, -0.2) is 15.3 Å². The Morgan fingerprint density at radius 3 is 3.17 bits per heavy atom. The molecule has 0 aliphatic carbocycles. The van der Waals surface area contributed by atoms with Crippen molar-refractivity contribution in [3.8, 4) is 0 Å². The highest BCUT2D eigenvalue weighted by Gasteiger charge is 2.00. The van der Waals surface area contributed by atoms with Crippen molar-refractivity contribution in [1.82, 2.24) is 9.38 Å². The minimum absolute atomic E-state index is 0.439. The fourth-order valence-electron chi connectivity index (χ4n) is 1.01. The molecule has 2 heterocycles. The molecule has 0 aliphatic heterocycles. The highest BCUT2D eigenvalue weighted by Crippen LogP contribution is 2.02. The van der Waals surface area contributed by atoms with Crippen LogP contribution < -0.4 is 5.73 Å². The van der Waals surface area contributed by atoms with Crippen LogP contribution in [0.5, 0.6) is 0 Å². The number of fused-ring (bicyclic) bond motifs is 1. The van der Waals surface area contributed by atoms with Crippen LogP contribution in [0.25, 0.3) is 5.65 Å². The summed E-state index contributed by atoms with van der Waals surface area (Å²) in [6.45, 7) is 0. The second-order valence-corrected chi connectivity index (χ2v) is 2.42. The Morgan fingerprint density at radius 2 is 2.42 bits per heavy atom. The van der Waals surface area contributed by atoms with Crippen LogP contribution in [0, 0.1) is 6.20 Å². The number of amides is 1. The maximum absolute atomic E-state index is 10.7. The average molecular weight is 160 g/mol. The molecule has 0 saturated heterocycles. The number of carbonyl (C=O) groups excluding carboxylic acids is 1. The van der Waals surface area contributed by atoms with Gasteiger partial charge in [0, 0.05) is 12.4 Å². The highest BCUT2D eigenvalue weighted by atomic mass is 16.1. The molecule has 0 fully saturated rings. The molecule has 0 unspecified atom stereocenters. The SMILES string of the molecule is NC(=O)c1ccc2n[c]cn2c1. The van der Waals surface area contributed by atoms with E-state index in [0.29, 0.717) is 5.56 Å². The molecule has 0 saturated carbocycles. The lowest BCUT2D eigenvalue weighted by Crippen LogP contribution is -2.11. The first kappa shape index (κ1) is 6.84. The van der Waals surface area contributed by atoms with E-state index in [1.165, 1.54) is 0 Å². The van der Waals surface area contributed by atoms with Gasteiger partial charge in [0.1, 0.15) is 11.8 Å². The molecule has 0 bridgehead atoms. The standard InChI is InChI=1S/C8H6N3O/c9-8(12)6-1-2-7-10-3-4-11(7)5-6/h1-2,4-5H,(H2,9,12). The molecule has 1 amide bonds. The van der Waals surface area contributed by atoms with Gasteiger partial charge >= 0.3 is 0 Å². The smallest absolute Gasteiger partial charge is 0.250 e. The molecule has 0 spiro atoms. The van der Waals surface area contributed by atoms with Crippen LogP contribution in [0.1, 0.15) is 10.4 Å². The van der Waals surface area contributed by atoms with Crippen molar-refractivity contribution in [2.24, 2.45) is 5.73 Å². The number of aromatic nitrogens is 2. The zero-order chi connectivity index (χ0) is 8.55. The lowest BCUT2D eigenvalue weighted by atomic mass is 10.3. The van der Waals surface area contributed by atoms with Gasteiger partial charge in [-0.3, -0.25) is 4.79 Å². The van der Waals surface area contributed by atoms with Crippen molar-refractivity contribution < 1.29 is 4.79 Å². The topological polar surface area (TPSA) is 60.4 Å². The lowest BCUT2D eigenvalue weighted by Gasteiger charge is -1.95. The first-order chi connectivity index (χ1) is 5.77. The second-order valence-electron chi connectivity index (χ2n) is 2.42. The predicted molar refractivity (Wildman–Crippen MR) is 42.5 cm³/mol. The predicted octanol–water partition coefficient (Wildman–Crippen LogP) is 0.233. The fraction of sp³-hybridized carbons (Fsp3) is 0. The normalized spacial score (nSPS) is 10.3. The van der Waals surface area contributed by atoms with Gasteiger partial charge in [-0.2, -0.15) is 0 Å². The van der Waals surface area contributed by atoms with E-state index in [2.05, 4.69) is 11.2 Å². The van der Waals surface area contributed by atoms with Crippen molar-refractivity contribution >= 4 is 11.6 Å². The zero-order valence-electron chi connectivity index (χ0n) is 6.19. The Hall–Kier alpha value is -1.84. The van der Waals surface area contributed by atoms with Crippen LogP contribution in [0.4, 0.5) is 0 Å². The van der Waals surface area contributed by atoms with Gasteiger partial charge in [-0.15, -0.1) is 0 Å². The Kier molecular flexibility index (Phi) is 1.33. The minimum atomic E-state index is -0.439. The molecule has 0 atom stereocenters. The van der Waals surface area contributed by atoms with E-state index in [1.54, 1.807) is 28.9 Å². The van der Waals surface area contributed by atoms with Gasteiger partial charge in [-0.1, -0.05) is 0 Å². The first-order valence-corrected chi connectivity index (χ1v) is 3.42. The number of carbonyl (C=O) groups is 1. The number of nitrogens with zero attached hydrogens (tertiary/aromatic N) is 2. The number of nitrogens with two attached hydrogens (primary N) is 1. The molecule has 2 aromatic heterocycles. The summed E-state index contributed by atoms with van der Waals surface area (Å²) in [7, 11) is 0. The van der Waals surface area contributed by atoms with Gasteiger partial charge in [0.2, 0.25) is 5.91 Å². The third kappa shape index (κ3) is 0.934. The maximum Gasteiger partial charge on any atom is 0.250 e. The maximum atomic E-state index is 10.7. The van der Waals surface area contributed by atoms with Crippen molar-refractivity contribution in [3.63, 3.8) is 0 Å². The van der Waals surface area contributed by atoms with Crippen LogP contribution in [0.3, 0.4) is 0 Å². The number of pyridine rings is 1. The number of rotatable bonds is 1. The summed E-state index contributed by atoms with van der Waals surface area (Å²) in [5.41, 5.74) is 6.31. The summed E-state index contributed by atoms with van der Waals surface area (Å²) in [6, 6.07) is 3.36. The molecule has 0 aromatic carbocycles. The third-order valence-electron chi connectivity index (χ3n) is 1.62. The number of hydrogen-bond acceptors (Lipinski definition) is 2. The van der Waals surface area contributed by atoms with Crippen molar-refractivity contribution in [1.29, 1.82) is 0 Å². The Balaban J connectivity index is 2.68. The fourth-order valence-corrected chi connectivity index (χ4v) is 1.01. The quantitative estimate of drug-likeness (QED) is 0.649. The molecule has 2 N–H and O–H groups in total. The Labute approximate surface area is 68.6 Å². The highest BCUT2D eigenvalue weighted by molar-refractivity contribution is 5.92. The van der Waals surface area contributed by atoms with Crippen molar-refractivity contribution in [2.75, 3.05) is 0 Å². The summed E-state index contributed by atoms with van der Waals surface area (Å²) < 4.78 is 1.69. The molecule has 12 heavy (non-hydrogen) atoms. The van der Waals surface area contributed by atoms with Gasteiger partial charge in [-0.25, -0.2) is 4.98 Å².